The average molecular weight is 362 g/mol. The standard InChI is InChI=1S/C13H19IN2O2/c1-16(9-13(17)4-6-18-7-5-13)12-3-2-10(14)8-11(12)15/h2-3,8,17H,4-7,9,15H2,1H3. The van der Waals surface area contributed by atoms with E-state index in [-0.39, 0.29) is 0 Å². The number of halogens is 1. The third kappa shape index (κ3) is 3.27. The smallest absolute Gasteiger partial charge is 0.0865 e. The predicted molar refractivity (Wildman–Crippen MR) is 81.8 cm³/mol. The molecule has 100 valence electrons. The summed E-state index contributed by atoms with van der Waals surface area (Å²) in [5, 5.41) is 10.5. The fourth-order valence-electron chi connectivity index (χ4n) is 2.31. The molecule has 5 heteroatoms. The first-order valence-electron chi connectivity index (χ1n) is 6.06. The molecule has 1 heterocycles. The Labute approximate surface area is 121 Å². The van der Waals surface area contributed by atoms with E-state index in [2.05, 4.69) is 22.6 Å². The first-order valence-corrected chi connectivity index (χ1v) is 7.14. The second-order valence-corrected chi connectivity index (χ2v) is 6.14. The van der Waals surface area contributed by atoms with Gasteiger partial charge in [0.25, 0.3) is 0 Å². The fraction of sp³-hybridized carbons (Fsp3) is 0.538. The molecule has 0 radical (unpaired) electrons. The van der Waals surface area contributed by atoms with Crippen molar-refractivity contribution in [1.29, 1.82) is 0 Å². The maximum absolute atomic E-state index is 10.5. The minimum absolute atomic E-state index is 0.584. The Kier molecular flexibility index (Phi) is 4.34. The van der Waals surface area contributed by atoms with Gasteiger partial charge < -0.3 is 20.5 Å². The summed E-state index contributed by atoms with van der Waals surface area (Å²) in [5.74, 6) is 0. The summed E-state index contributed by atoms with van der Waals surface area (Å²) in [7, 11) is 1.96. The van der Waals surface area contributed by atoms with Gasteiger partial charge in [0, 0.05) is 43.2 Å². The van der Waals surface area contributed by atoms with Crippen molar-refractivity contribution in [1.82, 2.24) is 0 Å². The SMILES string of the molecule is CN(CC1(O)CCOCC1)c1ccc(I)cc1N. The van der Waals surface area contributed by atoms with Crippen LogP contribution in [0, 0.1) is 3.57 Å². The molecule has 0 atom stereocenters. The number of anilines is 2. The number of likely N-dealkylation sites (N-methyl/N-ethyl adjacent to an activating group) is 1. The van der Waals surface area contributed by atoms with Gasteiger partial charge in [0.2, 0.25) is 0 Å². The lowest BCUT2D eigenvalue weighted by atomic mass is 9.93. The largest absolute Gasteiger partial charge is 0.397 e. The highest BCUT2D eigenvalue weighted by Crippen LogP contribution is 2.28. The molecular weight excluding hydrogens is 343 g/mol. The Hall–Kier alpha value is -0.530. The first kappa shape index (κ1) is 13.9. The number of rotatable bonds is 3. The topological polar surface area (TPSA) is 58.7 Å². The summed E-state index contributed by atoms with van der Waals surface area (Å²) in [6, 6.07) is 5.97. The predicted octanol–water partition coefficient (Wildman–Crippen LogP) is 1.85. The van der Waals surface area contributed by atoms with Crippen molar-refractivity contribution in [3.63, 3.8) is 0 Å². The van der Waals surface area contributed by atoms with E-state index < -0.39 is 5.60 Å². The minimum Gasteiger partial charge on any atom is -0.397 e. The molecule has 0 saturated carbocycles. The van der Waals surface area contributed by atoms with Crippen LogP contribution < -0.4 is 10.6 Å². The summed E-state index contributed by atoms with van der Waals surface area (Å²) >= 11 is 2.24. The van der Waals surface area contributed by atoms with Gasteiger partial charge in [0.05, 0.1) is 17.0 Å². The van der Waals surface area contributed by atoms with Crippen LogP contribution in [0.1, 0.15) is 12.8 Å². The normalized spacial score (nSPS) is 18.6. The van der Waals surface area contributed by atoms with E-state index in [9.17, 15) is 5.11 Å². The summed E-state index contributed by atoms with van der Waals surface area (Å²) in [6.07, 6.45) is 1.36. The van der Waals surface area contributed by atoms with E-state index >= 15 is 0 Å². The maximum Gasteiger partial charge on any atom is 0.0865 e. The van der Waals surface area contributed by atoms with Gasteiger partial charge >= 0.3 is 0 Å². The number of benzene rings is 1. The molecule has 4 nitrogen and oxygen atoms in total. The lowest BCUT2D eigenvalue weighted by Crippen LogP contribution is -2.45. The van der Waals surface area contributed by atoms with Crippen LogP contribution in [0.15, 0.2) is 18.2 Å². The number of nitrogen functional groups attached to an aromatic ring is 1. The Morgan fingerprint density at radius 1 is 1.44 bits per heavy atom. The Morgan fingerprint density at radius 3 is 2.72 bits per heavy atom. The lowest BCUT2D eigenvalue weighted by molar-refractivity contribution is -0.0572. The first-order chi connectivity index (χ1) is 8.50. The van der Waals surface area contributed by atoms with E-state index in [1.807, 2.05) is 30.1 Å². The monoisotopic (exact) mass is 362 g/mol. The molecule has 0 amide bonds. The Bertz CT molecular complexity index is 419. The van der Waals surface area contributed by atoms with Crippen molar-refractivity contribution < 1.29 is 9.84 Å². The molecule has 1 aliphatic heterocycles. The average Bonchev–Trinajstić information content (AvgIpc) is 2.28. The number of nitrogens with two attached hydrogens (primary N) is 1. The molecular formula is C13H19IN2O2. The third-order valence-electron chi connectivity index (χ3n) is 3.36. The van der Waals surface area contributed by atoms with Gasteiger partial charge in [-0.25, -0.2) is 0 Å². The number of hydrogen-bond acceptors (Lipinski definition) is 4. The quantitative estimate of drug-likeness (QED) is 0.637. The zero-order chi connectivity index (χ0) is 13.2. The van der Waals surface area contributed by atoms with E-state index in [0.717, 1.165) is 14.9 Å². The highest BCUT2D eigenvalue weighted by molar-refractivity contribution is 14.1. The molecule has 0 aliphatic carbocycles. The third-order valence-corrected chi connectivity index (χ3v) is 4.03. The molecule has 1 aromatic carbocycles. The zero-order valence-electron chi connectivity index (χ0n) is 10.5. The number of ether oxygens (including phenoxy) is 1. The van der Waals surface area contributed by atoms with Gasteiger partial charge in [0.15, 0.2) is 0 Å². The fourth-order valence-corrected chi connectivity index (χ4v) is 2.82. The van der Waals surface area contributed by atoms with Crippen LogP contribution in [-0.4, -0.2) is 37.5 Å². The molecule has 3 N–H and O–H groups in total. The van der Waals surface area contributed by atoms with Crippen LogP contribution in [0.5, 0.6) is 0 Å². The van der Waals surface area contributed by atoms with E-state index in [0.29, 0.717) is 32.6 Å². The second kappa shape index (κ2) is 5.63. The Balaban J connectivity index is 2.08. The zero-order valence-corrected chi connectivity index (χ0v) is 12.7. The molecule has 0 spiro atoms. The molecule has 1 aliphatic rings. The molecule has 0 unspecified atom stereocenters. The molecule has 18 heavy (non-hydrogen) atoms. The van der Waals surface area contributed by atoms with Gasteiger partial charge in [-0.15, -0.1) is 0 Å². The minimum atomic E-state index is -0.664. The van der Waals surface area contributed by atoms with E-state index in [4.69, 9.17) is 10.5 Å². The highest BCUT2D eigenvalue weighted by atomic mass is 127. The summed E-state index contributed by atoms with van der Waals surface area (Å²) in [4.78, 5) is 2.02. The van der Waals surface area contributed by atoms with Crippen LogP contribution in [0.25, 0.3) is 0 Å². The Morgan fingerprint density at radius 2 is 2.11 bits per heavy atom. The second-order valence-electron chi connectivity index (χ2n) is 4.90. The molecule has 0 bridgehead atoms. The van der Waals surface area contributed by atoms with Crippen molar-refractivity contribution in [2.45, 2.75) is 18.4 Å². The van der Waals surface area contributed by atoms with Crippen LogP contribution >= 0.6 is 22.6 Å². The maximum atomic E-state index is 10.5. The van der Waals surface area contributed by atoms with E-state index in [1.165, 1.54) is 0 Å². The van der Waals surface area contributed by atoms with Gasteiger partial charge in [-0.2, -0.15) is 0 Å². The number of hydrogen-bond donors (Lipinski definition) is 2. The van der Waals surface area contributed by atoms with Crippen molar-refractivity contribution in [2.24, 2.45) is 0 Å². The number of nitrogens with zero attached hydrogens (tertiary/aromatic N) is 1. The molecule has 1 fully saturated rings. The van der Waals surface area contributed by atoms with Crippen LogP contribution in [-0.2, 0) is 4.74 Å². The summed E-state index contributed by atoms with van der Waals surface area (Å²) in [5.41, 5.74) is 7.07. The van der Waals surface area contributed by atoms with Crippen LogP contribution in [0.3, 0.4) is 0 Å². The van der Waals surface area contributed by atoms with Crippen molar-refractivity contribution >= 4 is 34.0 Å². The van der Waals surface area contributed by atoms with Crippen LogP contribution in [0.4, 0.5) is 11.4 Å². The van der Waals surface area contributed by atoms with Crippen molar-refractivity contribution in [3.05, 3.63) is 21.8 Å². The van der Waals surface area contributed by atoms with E-state index in [1.54, 1.807) is 0 Å². The van der Waals surface area contributed by atoms with Crippen molar-refractivity contribution in [3.8, 4) is 0 Å². The van der Waals surface area contributed by atoms with Crippen LogP contribution in [0.2, 0.25) is 0 Å². The van der Waals surface area contributed by atoms with Crippen molar-refractivity contribution in [2.75, 3.05) is 37.4 Å². The number of aliphatic hydroxyl groups is 1. The van der Waals surface area contributed by atoms with Gasteiger partial charge in [-0.05, 0) is 40.8 Å². The highest BCUT2D eigenvalue weighted by Gasteiger charge is 2.31. The lowest BCUT2D eigenvalue weighted by Gasteiger charge is -2.36. The summed E-state index contributed by atoms with van der Waals surface area (Å²) in [6.45, 7) is 1.85. The summed E-state index contributed by atoms with van der Waals surface area (Å²) < 4.78 is 6.41. The molecule has 1 aromatic rings. The van der Waals surface area contributed by atoms with Gasteiger partial charge in [0.1, 0.15) is 0 Å². The molecule has 1 saturated heterocycles. The molecule has 2 rings (SSSR count). The van der Waals surface area contributed by atoms with Gasteiger partial charge in [-0.1, -0.05) is 0 Å². The van der Waals surface area contributed by atoms with Gasteiger partial charge in [-0.3, -0.25) is 0 Å². The molecule has 0 aromatic heterocycles.